The van der Waals surface area contributed by atoms with Crippen molar-refractivity contribution in [2.75, 3.05) is 19.6 Å². The van der Waals surface area contributed by atoms with Crippen LogP contribution in [0, 0.1) is 11.3 Å². The van der Waals surface area contributed by atoms with E-state index in [1.807, 2.05) is 6.92 Å². The Morgan fingerprint density at radius 3 is 1.83 bits per heavy atom. The van der Waals surface area contributed by atoms with Crippen LogP contribution >= 0.6 is 0 Å². The zero-order valence-corrected chi connectivity index (χ0v) is 9.77. The van der Waals surface area contributed by atoms with Crippen LogP contribution in [0.3, 0.4) is 0 Å². The zero-order valence-electron chi connectivity index (χ0n) is 9.77. The SMILES string of the molecule is CCN1CCC(C(C)(C(=O)O)C(=O)O)CC1.[NaH].[NaH]. The van der Waals surface area contributed by atoms with E-state index in [1.54, 1.807) is 0 Å². The third-order valence-corrected chi connectivity index (χ3v) is 3.74. The number of hydrogen-bond donors (Lipinski definition) is 2. The van der Waals surface area contributed by atoms with Crippen LogP contribution in [-0.4, -0.2) is 106 Å². The number of carboxylic acids is 2. The van der Waals surface area contributed by atoms with Gasteiger partial charge in [-0.3, -0.25) is 9.59 Å². The standard InChI is InChI=1S/C11H19NO4.2Na.2H/c1-3-12-6-4-8(5-7-12)11(2,9(13)14)10(15)16;;;;/h8H,3-7H2,1-2H3,(H,13,14)(H,15,16);;;;. The average Bonchev–Trinajstić information content (AvgIpc) is 2.27. The maximum absolute atomic E-state index is 11.1. The summed E-state index contributed by atoms with van der Waals surface area (Å²) in [5.41, 5.74) is -1.64. The van der Waals surface area contributed by atoms with E-state index in [2.05, 4.69) is 4.90 Å². The van der Waals surface area contributed by atoms with E-state index in [9.17, 15) is 9.59 Å². The molecule has 0 aromatic rings. The van der Waals surface area contributed by atoms with Crippen LogP contribution in [0.1, 0.15) is 26.7 Å². The molecule has 1 fully saturated rings. The molecule has 1 rings (SSSR count). The van der Waals surface area contributed by atoms with Crippen molar-refractivity contribution in [3.05, 3.63) is 0 Å². The molecule has 5 nitrogen and oxygen atoms in total. The summed E-state index contributed by atoms with van der Waals surface area (Å²) in [6.45, 7) is 5.88. The molecule has 1 heterocycles. The average molecular weight is 277 g/mol. The van der Waals surface area contributed by atoms with Gasteiger partial charge in [-0.1, -0.05) is 6.92 Å². The van der Waals surface area contributed by atoms with Crippen molar-refractivity contribution in [3.63, 3.8) is 0 Å². The molecule has 0 saturated carbocycles. The molecule has 1 aliphatic rings. The monoisotopic (exact) mass is 277 g/mol. The number of rotatable bonds is 4. The van der Waals surface area contributed by atoms with Gasteiger partial charge in [0.1, 0.15) is 0 Å². The molecule has 0 unspecified atom stereocenters. The molecule has 0 radical (unpaired) electrons. The maximum atomic E-state index is 11.1. The Balaban J connectivity index is 0. The third kappa shape index (κ3) is 4.47. The topological polar surface area (TPSA) is 77.8 Å². The second kappa shape index (κ2) is 8.95. The van der Waals surface area contributed by atoms with E-state index in [-0.39, 0.29) is 65.0 Å². The van der Waals surface area contributed by atoms with Gasteiger partial charge in [-0.2, -0.15) is 0 Å². The summed E-state index contributed by atoms with van der Waals surface area (Å²) in [6, 6.07) is 0. The Morgan fingerprint density at radius 2 is 1.56 bits per heavy atom. The van der Waals surface area contributed by atoms with E-state index in [0.29, 0.717) is 12.8 Å². The fraction of sp³-hybridized carbons (Fsp3) is 0.818. The number of hydrogen-bond acceptors (Lipinski definition) is 3. The van der Waals surface area contributed by atoms with E-state index < -0.39 is 17.4 Å². The third-order valence-electron chi connectivity index (χ3n) is 3.74. The molecule has 0 amide bonds. The van der Waals surface area contributed by atoms with Gasteiger partial charge >= 0.3 is 71.1 Å². The van der Waals surface area contributed by atoms with Gasteiger partial charge in [0, 0.05) is 0 Å². The van der Waals surface area contributed by atoms with Crippen LogP contribution < -0.4 is 0 Å². The Bertz CT molecular complexity index is 277. The second-order valence-electron chi connectivity index (χ2n) is 4.52. The number of aliphatic carboxylic acids is 2. The molecule has 1 saturated heterocycles. The number of carboxylic acid groups (broad SMARTS) is 2. The molecular weight excluding hydrogens is 256 g/mol. The van der Waals surface area contributed by atoms with E-state index in [4.69, 9.17) is 10.2 Å². The quantitative estimate of drug-likeness (QED) is 0.540. The normalized spacial score (nSPS) is 17.4. The van der Waals surface area contributed by atoms with Gasteiger partial charge in [0.05, 0.1) is 0 Å². The molecule has 0 atom stereocenters. The van der Waals surface area contributed by atoms with Gasteiger partial charge in [0.25, 0.3) is 0 Å². The molecule has 0 spiro atoms. The number of nitrogens with zero attached hydrogens (tertiary/aromatic N) is 1. The fourth-order valence-corrected chi connectivity index (χ4v) is 2.27. The first-order chi connectivity index (χ1) is 7.42. The zero-order chi connectivity index (χ0) is 12.3. The minimum atomic E-state index is -1.64. The molecule has 2 N–H and O–H groups in total. The molecule has 0 aromatic heterocycles. The molecule has 96 valence electrons. The van der Waals surface area contributed by atoms with E-state index >= 15 is 0 Å². The molecule has 18 heavy (non-hydrogen) atoms. The second-order valence-corrected chi connectivity index (χ2v) is 4.52. The van der Waals surface area contributed by atoms with Gasteiger partial charge < -0.3 is 15.1 Å². The predicted molar refractivity (Wildman–Crippen MR) is 72.5 cm³/mol. The van der Waals surface area contributed by atoms with Crippen molar-refractivity contribution in [3.8, 4) is 0 Å². The molecule has 7 heteroatoms. The van der Waals surface area contributed by atoms with Crippen LogP contribution in [0.4, 0.5) is 0 Å². The first kappa shape index (κ1) is 21.2. The van der Waals surface area contributed by atoms with Crippen molar-refractivity contribution in [2.45, 2.75) is 26.7 Å². The fourth-order valence-electron chi connectivity index (χ4n) is 2.27. The van der Waals surface area contributed by atoms with Crippen molar-refractivity contribution in [1.29, 1.82) is 0 Å². The summed E-state index contributed by atoms with van der Waals surface area (Å²) < 4.78 is 0. The summed E-state index contributed by atoms with van der Waals surface area (Å²) in [5.74, 6) is -2.73. The number of piperidine rings is 1. The van der Waals surface area contributed by atoms with Crippen molar-refractivity contribution in [1.82, 2.24) is 4.90 Å². The van der Waals surface area contributed by atoms with Crippen LogP contribution in [0.25, 0.3) is 0 Å². The molecular formula is C11H21NNa2O4. The molecule has 1 aliphatic heterocycles. The summed E-state index contributed by atoms with van der Waals surface area (Å²) >= 11 is 0. The van der Waals surface area contributed by atoms with Gasteiger partial charge in [0.2, 0.25) is 0 Å². The summed E-state index contributed by atoms with van der Waals surface area (Å²) in [7, 11) is 0. The summed E-state index contributed by atoms with van der Waals surface area (Å²) in [6.07, 6.45) is 1.28. The van der Waals surface area contributed by atoms with Crippen molar-refractivity contribution >= 4 is 71.1 Å². The van der Waals surface area contributed by atoms with Gasteiger partial charge in [-0.25, -0.2) is 0 Å². The Labute approximate surface area is 152 Å². The number of likely N-dealkylation sites (tertiary alicyclic amines) is 1. The summed E-state index contributed by atoms with van der Waals surface area (Å²) in [4.78, 5) is 24.4. The first-order valence-electron chi connectivity index (χ1n) is 5.62. The predicted octanol–water partition coefficient (Wildman–Crippen LogP) is -0.403. The molecule has 0 aromatic carbocycles. The van der Waals surface area contributed by atoms with Gasteiger partial charge in [-0.15, -0.1) is 0 Å². The van der Waals surface area contributed by atoms with Crippen LogP contribution in [-0.2, 0) is 9.59 Å². The Kier molecular flexibility index (Phi) is 10.5. The minimum absolute atomic E-state index is 0. The van der Waals surface area contributed by atoms with Gasteiger partial charge in [-0.05, 0) is 45.3 Å². The molecule has 0 aliphatic carbocycles. The first-order valence-corrected chi connectivity index (χ1v) is 5.62. The van der Waals surface area contributed by atoms with E-state index in [1.165, 1.54) is 6.92 Å². The van der Waals surface area contributed by atoms with Crippen LogP contribution in [0.5, 0.6) is 0 Å². The van der Waals surface area contributed by atoms with Gasteiger partial charge in [0.15, 0.2) is 5.41 Å². The van der Waals surface area contributed by atoms with Crippen molar-refractivity contribution < 1.29 is 19.8 Å². The van der Waals surface area contributed by atoms with E-state index in [0.717, 1.165) is 19.6 Å². The summed E-state index contributed by atoms with van der Waals surface area (Å²) in [5, 5.41) is 18.2. The van der Waals surface area contributed by atoms with Crippen LogP contribution in [0.15, 0.2) is 0 Å². The molecule has 0 bridgehead atoms. The Morgan fingerprint density at radius 1 is 1.17 bits per heavy atom. The Hall–Kier alpha value is 0.900. The van der Waals surface area contributed by atoms with Crippen LogP contribution in [0.2, 0.25) is 0 Å². The van der Waals surface area contributed by atoms with Crippen molar-refractivity contribution in [2.24, 2.45) is 11.3 Å². The number of carbonyl (C=O) groups is 2.